The van der Waals surface area contributed by atoms with E-state index in [1.54, 1.807) is 0 Å². The fourth-order valence-corrected chi connectivity index (χ4v) is 7.93. The third-order valence-electron chi connectivity index (χ3n) is 10.4. The minimum Gasteiger partial charge on any atom is -0.457 e. The van der Waals surface area contributed by atoms with Gasteiger partial charge in [-0.2, -0.15) is 0 Å². The lowest BCUT2D eigenvalue weighted by Crippen LogP contribution is -2.11. The summed E-state index contributed by atoms with van der Waals surface area (Å²) in [6.45, 7) is 6.79. The summed E-state index contributed by atoms with van der Waals surface area (Å²) in [7, 11) is 0. The van der Waals surface area contributed by atoms with Crippen molar-refractivity contribution in [1.82, 2.24) is 9.55 Å². The normalized spacial score (nSPS) is 11.6. The highest BCUT2D eigenvalue weighted by atomic mass is 79.9. The van der Waals surface area contributed by atoms with Crippen LogP contribution in [0.15, 0.2) is 180 Å². The molecule has 2 heterocycles. The highest BCUT2D eigenvalue weighted by Gasteiger charge is 2.20. The smallest absolute Gasteiger partial charge is 0.138 e. The third kappa shape index (κ3) is 7.16. The predicted molar refractivity (Wildman–Crippen MR) is 242 cm³/mol. The van der Waals surface area contributed by atoms with E-state index in [-0.39, 0.29) is 5.41 Å². The first-order valence-corrected chi connectivity index (χ1v) is 19.9. The van der Waals surface area contributed by atoms with Crippen molar-refractivity contribution in [3.63, 3.8) is 0 Å². The Kier molecular flexibility index (Phi) is 9.35. The molecule has 0 amide bonds. The van der Waals surface area contributed by atoms with Gasteiger partial charge >= 0.3 is 0 Å². The van der Waals surface area contributed by atoms with E-state index in [0.29, 0.717) is 5.69 Å². The molecule has 0 spiro atoms. The Bertz CT molecular complexity index is 2940. The van der Waals surface area contributed by atoms with E-state index >= 15 is 0 Å². The summed E-state index contributed by atoms with van der Waals surface area (Å²) in [6, 6.07) is 60.8. The minimum atomic E-state index is -0.112. The molecule has 0 fully saturated rings. The van der Waals surface area contributed by atoms with Gasteiger partial charge in [0.1, 0.15) is 17.3 Å². The molecule has 0 saturated heterocycles. The van der Waals surface area contributed by atoms with Crippen molar-refractivity contribution in [3.8, 4) is 50.8 Å². The molecule has 0 bridgehead atoms. The maximum Gasteiger partial charge on any atom is 0.138 e. The van der Waals surface area contributed by atoms with Gasteiger partial charge < -0.3 is 15.8 Å². The molecule has 7 aromatic carbocycles. The van der Waals surface area contributed by atoms with Crippen LogP contribution in [0.3, 0.4) is 0 Å². The lowest BCUT2D eigenvalue weighted by atomic mass is 9.82. The SMILES string of the molecule is CC(C)(C)c1cc(-c2cccc(-n3c4ccccc4c4ccc(Oc5cccc(Br)c5)cc43)n2)cc(-c2ccccc2-c2ccccc2Nc2ccccc2N)c1. The fraction of sp³-hybridized carbons (Fsp3) is 0.0784. The van der Waals surface area contributed by atoms with Crippen LogP contribution in [0.4, 0.5) is 17.1 Å². The number of ether oxygens (including phenoxy) is 1. The van der Waals surface area contributed by atoms with Gasteiger partial charge in [-0.3, -0.25) is 4.57 Å². The second kappa shape index (κ2) is 14.8. The van der Waals surface area contributed by atoms with Crippen LogP contribution in [0, 0.1) is 0 Å². The Morgan fingerprint density at radius 2 is 1.23 bits per heavy atom. The van der Waals surface area contributed by atoms with Crippen LogP contribution < -0.4 is 15.8 Å². The molecule has 2 aromatic heterocycles. The van der Waals surface area contributed by atoms with Crippen molar-refractivity contribution in [2.75, 3.05) is 11.1 Å². The molecule has 0 aliphatic heterocycles. The van der Waals surface area contributed by atoms with Crippen molar-refractivity contribution >= 4 is 54.8 Å². The number of anilines is 3. The largest absolute Gasteiger partial charge is 0.457 e. The highest BCUT2D eigenvalue weighted by molar-refractivity contribution is 9.10. The summed E-state index contributed by atoms with van der Waals surface area (Å²) >= 11 is 3.57. The van der Waals surface area contributed by atoms with Gasteiger partial charge in [0.25, 0.3) is 0 Å². The Balaban J connectivity index is 1.17. The van der Waals surface area contributed by atoms with Crippen LogP contribution in [0.2, 0.25) is 0 Å². The number of aromatic nitrogens is 2. The van der Waals surface area contributed by atoms with Crippen molar-refractivity contribution < 1.29 is 4.74 Å². The van der Waals surface area contributed by atoms with E-state index in [4.69, 9.17) is 15.5 Å². The monoisotopic (exact) mass is 804 g/mol. The number of hydrogen-bond acceptors (Lipinski definition) is 4. The number of nitrogens with one attached hydrogen (secondary N) is 1. The maximum absolute atomic E-state index is 6.37. The van der Waals surface area contributed by atoms with Crippen LogP contribution in [-0.2, 0) is 5.41 Å². The molecule has 9 aromatic rings. The highest BCUT2D eigenvalue weighted by Crippen LogP contribution is 2.41. The average Bonchev–Trinajstić information content (AvgIpc) is 3.55. The molecular formula is C51H41BrN4O. The zero-order chi connectivity index (χ0) is 39.1. The number of rotatable bonds is 8. The fourth-order valence-electron chi connectivity index (χ4n) is 7.55. The molecule has 5 nitrogen and oxygen atoms in total. The summed E-state index contributed by atoms with van der Waals surface area (Å²) in [4.78, 5) is 5.41. The van der Waals surface area contributed by atoms with Crippen LogP contribution in [-0.4, -0.2) is 9.55 Å². The molecule has 0 unspecified atom stereocenters. The number of pyridine rings is 1. The van der Waals surface area contributed by atoms with E-state index in [0.717, 1.165) is 88.5 Å². The van der Waals surface area contributed by atoms with Gasteiger partial charge in [0.05, 0.1) is 28.1 Å². The van der Waals surface area contributed by atoms with Gasteiger partial charge in [-0.05, 0) is 107 Å². The minimum absolute atomic E-state index is 0.112. The lowest BCUT2D eigenvalue weighted by Gasteiger charge is -2.23. The Morgan fingerprint density at radius 1 is 0.561 bits per heavy atom. The second-order valence-corrected chi connectivity index (χ2v) is 16.2. The molecule has 0 radical (unpaired) electrons. The van der Waals surface area contributed by atoms with Gasteiger partial charge in [0.15, 0.2) is 0 Å². The van der Waals surface area contributed by atoms with Crippen molar-refractivity contribution in [2.24, 2.45) is 0 Å². The summed E-state index contributed by atoms with van der Waals surface area (Å²) in [5.74, 6) is 2.36. The van der Waals surface area contributed by atoms with Gasteiger partial charge in [-0.1, -0.05) is 128 Å². The molecule has 9 rings (SSSR count). The van der Waals surface area contributed by atoms with Crippen LogP contribution in [0.25, 0.3) is 61.1 Å². The van der Waals surface area contributed by atoms with E-state index in [2.05, 4.69) is 168 Å². The third-order valence-corrected chi connectivity index (χ3v) is 10.9. The first kappa shape index (κ1) is 36.0. The van der Waals surface area contributed by atoms with E-state index in [9.17, 15) is 0 Å². The van der Waals surface area contributed by atoms with Gasteiger partial charge in [0.2, 0.25) is 0 Å². The molecule has 57 heavy (non-hydrogen) atoms. The number of benzene rings is 7. The lowest BCUT2D eigenvalue weighted by molar-refractivity contribution is 0.483. The molecule has 278 valence electrons. The first-order valence-electron chi connectivity index (χ1n) is 19.1. The van der Waals surface area contributed by atoms with E-state index < -0.39 is 0 Å². The molecule has 0 atom stereocenters. The maximum atomic E-state index is 6.37. The molecule has 0 aliphatic carbocycles. The summed E-state index contributed by atoms with van der Waals surface area (Å²) in [5.41, 5.74) is 18.6. The van der Waals surface area contributed by atoms with Crippen LogP contribution >= 0.6 is 15.9 Å². The Morgan fingerprint density at radius 3 is 2.04 bits per heavy atom. The topological polar surface area (TPSA) is 65.1 Å². The summed E-state index contributed by atoms with van der Waals surface area (Å²) in [5, 5.41) is 5.90. The molecule has 3 N–H and O–H groups in total. The number of halogens is 1. The van der Waals surface area contributed by atoms with E-state index in [1.807, 2.05) is 54.6 Å². The second-order valence-electron chi connectivity index (χ2n) is 15.3. The molecule has 6 heteroatoms. The van der Waals surface area contributed by atoms with Gasteiger partial charge in [-0.25, -0.2) is 4.98 Å². The van der Waals surface area contributed by atoms with Crippen molar-refractivity contribution in [3.05, 3.63) is 186 Å². The number of nitrogen functional groups attached to an aromatic ring is 1. The van der Waals surface area contributed by atoms with Crippen LogP contribution in [0.1, 0.15) is 26.3 Å². The van der Waals surface area contributed by atoms with Crippen LogP contribution in [0.5, 0.6) is 11.5 Å². The van der Waals surface area contributed by atoms with Crippen molar-refractivity contribution in [1.29, 1.82) is 0 Å². The molecule has 0 aliphatic rings. The summed E-state index contributed by atoms with van der Waals surface area (Å²) in [6.07, 6.45) is 0. The molecule has 0 saturated carbocycles. The Labute approximate surface area is 341 Å². The number of nitrogens with zero attached hydrogens (tertiary/aromatic N) is 2. The van der Waals surface area contributed by atoms with Crippen molar-refractivity contribution in [2.45, 2.75) is 26.2 Å². The average molecular weight is 806 g/mol. The predicted octanol–water partition coefficient (Wildman–Crippen LogP) is 14.4. The number of fused-ring (bicyclic) bond motifs is 3. The summed E-state index contributed by atoms with van der Waals surface area (Å²) < 4.78 is 9.57. The number of hydrogen-bond donors (Lipinski definition) is 2. The first-order chi connectivity index (χ1) is 27.7. The number of para-hydroxylation sites is 4. The van der Waals surface area contributed by atoms with E-state index in [1.165, 1.54) is 5.56 Å². The Hall–Kier alpha value is -6.63. The zero-order valence-electron chi connectivity index (χ0n) is 32.0. The number of nitrogens with two attached hydrogens (primary N) is 1. The zero-order valence-corrected chi connectivity index (χ0v) is 33.6. The molecular weight excluding hydrogens is 764 g/mol. The quantitative estimate of drug-likeness (QED) is 0.150. The van der Waals surface area contributed by atoms with Gasteiger partial charge in [-0.15, -0.1) is 0 Å². The van der Waals surface area contributed by atoms with Gasteiger partial charge in [0, 0.05) is 38.1 Å². The standard InChI is InChI=1S/C51H41BrN4O/c1-51(2,3)35-29-33(39-16-4-5-17-40(39)41-18-6-9-21-46(41)54-47-22-10-8-20-44(47)53)28-34(30-35)45-23-13-25-50(55-45)56-48-24-11-7-19-42(48)43-27-26-38(32-49(43)56)57-37-15-12-14-36(52)31-37/h4-32,54H,53H2,1-3H3.